The number of carbonyl (C=O) groups is 1. The minimum absolute atomic E-state index is 0.0287. The molecule has 2 rings (SSSR count). The van der Waals surface area contributed by atoms with Gasteiger partial charge in [0.1, 0.15) is 5.69 Å². The van der Waals surface area contributed by atoms with Crippen LogP contribution < -0.4 is 5.32 Å². The van der Waals surface area contributed by atoms with Crippen molar-refractivity contribution in [3.8, 4) is 0 Å². The Hall–Kier alpha value is -1.29. The van der Waals surface area contributed by atoms with E-state index in [0.29, 0.717) is 18.0 Å². The molecule has 4 heteroatoms. The first-order valence-corrected chi connectivity index (χ1v) is 6.72. The summed E-state index contributed by atoms with van der Waals surface area (Å²) in [6, 6.07) is 4.14. The Kier molecular flexibility index (Phi) is 4.07. The maximum atomic E-state index is 12.2. The van der Waals surface area contributed by atoms with Crippen LogP contribution in [0.5, 0.6) is 0 Å². The van der Waals surface area contributed by atoms with Gasteiger partial charge in [-0.25, -0.2) is 0 Å². The zero-order valence-electron chi connectivity index (χ0n) is 11.1. The lowest BCUT2D eigenvalue weighted by Gasteiger charge is -2.19. The van der Waals surface area contributed by atoms with E-state index in [1.54, 1.807) is 0 Å². The van der Waals surface area contributed by atoms with Gasteiger partial charge in [-0.3, -0.25) is 4.79 Å². The van der Waals surface area contributed by atoms with Crippen molar-refractivity contribution in [3.05, 3.63) is 24.0 Å². The molecule has 2 N–H and O–H groups in total. The van der Waals surface area contributed by atoms with E-state index in [4.69, 9.17) is 5.11 Å². The molecule has 0 bridgehead atoms. The first kappa shape index (κ1) is 13.1. The minimum Gasteiger partial charge on any atom is -0.396 e. The van der Waals surface area contributed by atoms with E-state index >= 15 is 0 Å². The molecule has 0 aromatic carbocycles. The molecule has 1 unspecified atom stereocenters. The summed E-state index contributed by atoms with van der Waals surface area (Å²) in [5.41, 5.74) is 0.702. The molecule has 1 aromatic rings. The fourth-order valence-electron chi connectivity index (χ4n) is 2.34. The standard InChI is InChI=1S/C14H22N2O2/c1-10(2)16-8-3-4-13(16)14(18)15-12(7-9-17)11-5-6-11/h3-4,8,10-12,17H,5-7,9H2,1-2H3,(H,15,18). The molecule has 18 heavy (non-hydrogen) atoms. The molecule has 0 spiro atoms. The predicted octanol–water partition coefficient (Wildman–Crippen LogP) is 1.96. The van der Waals surface area contributed by atoms with Gasteiger partial charge in [0.15, 0.2) is 0 Å². The summed E-state index contributed by atoms with van der Waals surface area (Å²) in [5.74, 6) is 0.530. The second-order valence-corrected chi connectivity index (χ2v) is 5.32. The average molecular weight is 250 g/mol. The highest BCUT2D eigenvalue weighted by atomic mass is 16.3. The molecule has 1 fully saturated rings. The first-order chi connectivity index (χ1) is 8.63. The van der Waals surface area contributed by atoms with Crippen molar-refractivity contribution in [1.29, 1.82) is 0 Å². The highest BCUT2D eigenvalue weighted by molar-refractivity contribution is 5.93. The Morgan fingerprint density at radius 2 is 2.28 bits per heavy atom. The molecular formula is C14H22N2O2. The topological polar surface area (TPSA) is 54.3 Å². The molecule has 1 aliphatic rings. The lowest BCUT2D eigenvalue weighted by Crippen LogP contribution is -2.38. The molecule has 0 aliphatic heterocycles. The summed E-state index contributed by atoms with van der Waals surface area (Å²) in [6.45, 7) is 4.25. The summed E-state index contributed by atoms with van der Waals surface area (Å²) in [7, 11) is 0. The van der Waals surface area contributed by atoms with Gasteiger partial charge in [-0.05, 0) is 51.2 Å². The Labute approximate surface area is 108 Å². The van der Waals surface area contributed by atoms with E-state index in [0.717, 1.165) is 12.8 Å². The molecule has 4 nitrogen and oxygen atoms in total. The number of carbonyl (C=O) groups excluding carboxylic acids is 1. The number of nitrogens with one attached hydrogen (secondary N) is 1. The highest BCUT2D eigenvalue weighted by Crippen LogP contribution is 2.34. The van der Waals surface area contributed by atoms with E-state index in [-0.39, 0.29) is 24.6 Å². The van der Waals surface area contributed by atoms with Crippen molar-refractivity contribution in [2.75, 3.05) is 6.61 Å². The maximum Gasteiger partial charge on any atom is 0.268 e. The Balaban J connectivity index is 2.03. The van der Waals surface area contributed by atoms with Gasteiger partial charge in [-0.1, -0.05) is 0 Å². The van der Waals surface area contributed by atoms with E-state index in [1.807, 2.05) is 22.9 Å². The van der Waals surface area contributed by atoms with Crippen molar-refractivity contribution in [1.82, 2.24) is 9.88 Å². The van der Waals surface area contributed by atoms with E-state index in [1.165, 1.54) is 0 Å². The van der Waals surface area contributed by atoms with Gasteiger partial charge in [0.2, 0.25) is 0 Å². The lowest BCUT2D eigenvalue weighted by atomic mass is 10.1. The minimum atomic E-state index is -0.0287. The maximum absolute atomic E-state index is 12.2. The van der Waals surface area contributed by atoms with Crippen LogP contribution in [0.25, 0.3) is 0 Å². The van der Waals surface area contributed by atoms with E-state index < -0.39 is 0 Å². The van der Waals surface area contributed by atoms with Crippen molar-refractivity contribution in [2.45, 2.75) is 45.2 Å². The number of rotatable bonds is 6. The van der Waals surface area contributed by atoms with Crippen LogP contribution in [0.1, 0.15) is 49.6 Å². The largest absolute Gasteiger partial charge is 0.396 e. The van der Waals surface area contributed by atoms with Crippen LogP contribution in [0.3, 0.4) is 0 Å². The van der Waals surface area contributed by atoms with E-state index in [9.17, 15) is 4.79 Å². The van der Waals surface area contributed by atoms with Crippen molar-refractivity contribution < 1.29 is 9.90 Å². The predicted molar refractivity (Wildman–Crippen MR) is 70.5 cm³/mol. The van der Waals surface area contributed by atoms with Gasteiger partial charge in [-0.15, -0.1) is 0 Å². The molecule has 1 aliphatic carbocycles. The normalized spacial score (nSPS) is 16.9. The molecule has 1 atom stereocenters. The second kappa shape index (κ2) is 5.57. The third kappa shape index (κ3) is 2.93. The quantitative estimate of drug-likeness (QED) is 0.811. The summed E-state index contributed by atoms with van der Waals surface area (Å²) >= 11 is 0. The number of aromatic nitrogens is 1. The van der Waals surface area contributed by atoms with Gasteiger partial charge in [0.05, 0.1) is 0 Å². The molecular weight excluding hydrogens is 228 g/mol. The molecule has 100 valence electrons. The SMILES string of the molecule is CC(C)n1cccc1C(=O)NC(CCO)C1CC1. The van der Waals surface area contributed by atoms with Gasteiger partial charge in [-0.2, -0.15) is 0 Å². The number of aliphatic hydroxyl groups excluding tert-OH is 1. The van der Waals surface area contributed by atoms with Crippen molar-refractivity contribution in [2.24, 2.45) is 5.92 Å². The molecule has 1 aromatic heterocycles. The summed E-state index contributed by atoms with van der Waals surface area (Å²) in [6.07, 6.45) is 4.91. The Bertz CT molecular complexity index is 408. The third-order valence-electron chi connectivity index (χ3n) is 3.52. The van der Waals surface area contributed by atoms with Gasteiger partial charge in [0.25, 0.3) is 5.91 Å². The second-order valence-electron chi connectivity index (χ2n) is 5.32. The van der Waals surface area contributed by atoms with Gasteiger partial charge in [0, 0.05) is 24.9 Å². The Morgan fingerprint density at radius 1 is 1.56 bits per heavy atom. The van der Waals surface area contributed by atoms with Crippen molar-refractivity contribution >= 4 is 5.91 Å². The zero-order chi connectivity index (χ0) is 13.1. The molecule has 1 amide bonds. The zero-order valence-corrected chi connectivity index (χ0v) is 11.1. The molecule has 0 radical (unpaired) electrons. The number of aliphatic hydroxyl groups is 1. The fourth-order valence-corrected chi connectivity index (χ4v) is 2.34. The lowest BCUT2D eigenvalue weighted by molar-refractivity contribution is 0.0913. The summed E-state index contributed by atoms with van der Waals surface area (Å²) in [4.78, 5) is 12.2. The number of nitrogens with zero attached hydrogens (tertiary/aromatic N) is 1. The van der Waals surface area contributed by atoms with Crippen LogP contribution >= 0.6 is 0 Å². The van der Waals surface area contributed by atoms with Crippen LogP contribution in [0.2, 0.25) is 0 Å². The summed E-state index contributed by atoms with van der Waals surface area (Å²) in [5, 5.41) is 12.1. The van der Waals surface area contributed by atoms with Gasteiger partial charge < -0.3 is 15.0 Å². The number of amides is 1. The molecule has 0 saturated heterocycles. The van der Waals surface area contributed by atoms with E-state index in [2.05, 4.69) is 19.2 Å². The van der Waals surface area contributed by atoms with Crippen LogP contribution in [-0.2, 0) is 0 Å². The number of hydrogen-bond acceptors (Lipinski definition) is 2. The summed E-state index contributed by atoms with van der Waals surface area (Å²) < 4.78 is 1.97. The molecule has 1 heterocycles. The van der Waals surface area contributed by atoms with Crippen LogP contribution in [0, 0.1) is 5.92 Å². The monoisotopic (exact) mass is 250 g/mol. The van der Waals surface area contributed by atoms with Crippen molar-refractivity contribution in [3.63, 3.8) is 0 Å². The van der Waals surface area contributed by atoms with Crippen LogP contribution in [-0.4, -0.2) is 28.2 Å². The smallest absolute Gasteiger partial charge is 0.268 e. The Morgan fingerprint density at radius 3 is 2.83 bits per heavy atom. The average Bonchev–Trinajstić information content (AvgIpc) is 3.04. The van der Waals surface area contributed by atoms with Crippen LogP contribution in [0.4, 0.5) is 0 Å². The third-order valence-corrected chi connectivity index (χ3v) is 3.52. The van der Waals surface area contributed by atoms with Crippen LogP contribution in [0.15, 0.2) is 18.3 Å². The fraction of sp³-hybridized carbons (Fsp3) is 0.643. The first-order valence-electron chi connectivity index (χ1n) is 6.72. The number of hydrogen-bond donors (Lipinski definition) is 2. The highest BCUT2D eigenvalue weighted by Gasteiger charge is 2.32. The van der Waals surface area contributed by atoms with Gasteiger partial charge >= 0.3 is 0 Å². The molecule has 1 saturated carbocycles.